The maximum absolute atomic E-state index is 11.9. The first kappa shape index (κ1) is 16.5. The molecule has 1 rings (SSSR count). The largest absolute Gasteiger partial charge is 0.468 e. The summed E-state index contributed by atoms with van der Waals surface area (Å²) in [5.74, 6) is -0.588. The van der Waals surface area contributed by atoms with Gasteiger partial charge in [-0.3, -0.25) is 9.59 Å². The van der Waals surface area contributed by atoms with Gasteiger partial charge < -0.3 is 15.2 Å². The van der Waals surface area contributed by atoms with Crippen LogP contribution in [-0.2, 0) is 16.1 Å². The molecule has 0 radical (unpaired) electrons. The number of methoxy groups -OCH3 is 1. The lowest BCUT2D eigenvalue weighted by Gasteiger charge is -2.13. The molecule has 0 fully saturated rings. The number of aliphatic hydroxyl groups excluding tert-OH is 1. The van der Waals surface area contributed by atoms with E-state index in [4.69, 9.17) is 11.6 Å². The molecule has 0 bridgehead atoms. The van der Waals surface area contributed by atoms with E-state index >= 15 is 0 Å². The number of ether oxygens (including phenoxy) is 1. The summed E-state index contributed by atoms with van der Waals surface area (Å²) in [6, 6.07) is 0. The molecule has 2 N–H and O–H groups in total. The number of halogens is 1. The quantitative estimate of drug-likeness (QED) is 0.718. The molecule has 1 aromatic heterocycles. The number of carbonyl (C=O) groups excluding carboxylic acids is 1. The van der Waals surface area contributed by atoms with Crippen LogP contribution in [0.25, 0.3) is 0 Å². The predicted octanol–water partition coefficient (Wildman–Crippen LogP) is 0.643. The lowest BCUT2D eigenvalue weighted by molar-refractivity contribution is -0.141. The topological polar surface area (TPSA) is 93.5 Å². The van der Waals surface area contributed by atoms with E-state index in [1.54, 1.807) is 0 Å². The molecule has 0 aromatic carbocycles. The first-order valence-corrected chi connectivity index (χ1v) is 6.61. The maximum atomic E-state index is 11.9. The van der Waals surface area contributed by atoms with Crippen LogP contribution in [0.2, 0.25) is 5.02 Å². The number of nitrogens with one attached hydrogen (secondary N) is 1. The molecule has 0 amide bonds. The van der Waals surface area contributed by atoms with Crippen molar-refractivity contribution in [1.82, 2.24) is 9.78 Å². The second-order valence-corrected chi connectivity index (χ2v) is 4.61. The zero-order valence-electron chi connectivity index (χ0n) is 11.4. The summed E-state index contributed by atoms with van der Waals surface area (Å²) in [7, 11) is 1.22. The van der Waals surface area contributed by atoms with Crippen LogP contribution in [0.5, 0.6) is 0 Å². The molecular formula is C12H18ClN3O4. The van der Waals surface area contributed by atoms with Gasteiger partial charge in [0.05, 0.1) is 25.1 Å². The van der Waals surface area contributed by atoms with E-state index in [1.165, 1.54) is 13.3 Å². The molecule has 0 aliphatic rings. The average molecular weight is 304 g/mol. The lowest BCUT2D eigenvalue weighted by atomic mass is 10.2. The summed E-state index contributed by atoms with van der Waals surface area (Å²) < 4.78 is 5.37. The fourth-order valence-corrected chi connectivity index (χ4v) is 1.76. The first-order chi connectivity index (χ1) is 9.49. The Morgan fingerprint density at radius 1 is 1.65 bits per heavy atom. The van der Waals surface area contributed by atoms with Crippen LogP contribution in [0.4, 0.5) is 5.69 Å². The Balaban J connectivity index is 2.78. The third-order valence-corrected chi connectivity index (χ3v) is 3.01. The summed E-state index contributed by atoms with van der Waals surface area (Å²) in [6.07, 6.45) is 2.33. The highest BCUT2D eigenvalue weighted by atomic mass is 35.5. The number of hydrogen-bond donors (Lipinski definition) is 2. The van der Waals surface area contributed by atoms with Gasteiger partial charge >= 0.3 is 5.97 Å². The zero-order valence-corrected chi connectivity index (χ0v) is 12.2. The van der Waals surface area contributed by atoms with Gasteiger partial charge in [0, 0.05) is 6.54 Å². The summed E-state index contributed by atoms with van der Waals surface area (Å²) in [6.45, 7) is 1.94. The number of anilines is 1. The Bertz CT molecular complexity index is 518. The molecular weight excluding hydrogens is 286 g/mol. The monoisotopic (exact) mass is 303 g/mol. The van der Waals surface area contributed by atoms with E-state index < -0.39 is 17.6 Å². The number of carbonyl (C=O) groups is 1. The third-order valence-electron chi connectivity index (χ3n) is 2.64. The van der Waals surface area contributed by atoms with Gasteiger partial charge in [0.25, 0.3) is 5.56 Å². The fraction of sp³-hybridized carbons (Fsp3) is 0.583. The van der Waals surface area contributed by atoms with Crippen LogP contribution in [0.3, 0.4) is 0 Å². The van der Waals surface area contributed by atoms with E-state index in [2.05, 4.69) is 15.2 Å². The lowest BCUT2D eigenvalue weighted by Crippen LogP contribution is -2.29. The van der Waals surface area contributed by atoms with Crippen molar-refractivity contribution in [2.24, 2.45) is 0 Å². The van der Waals surface area contributed by atoms with Gasteiger partial charge in [-0.2, -0.15) is 5.10 Å². The SMILES string of the molecule is CCCC(O)CNc1cnn(CC(=O)OC)c(=O)c1Cl. The minimum Gasteiger partial charge on any atom is -0.468 e. The molecule has 7 nitrogen and oxygen atoms in total. The van der Waals surface area contributed by atoms with Gasteiger partial charge in [-0.25, -0.2) is 4.68 Å². The second-order valence-electron chi connectivity index (χ2n) is 4.23. The smallest absolute Gasteiger partial charge is 0.327 e. The van der Waals surface area contributed by atoms with Gasteiger partial charge in [0.2, 0.25) is 0 Å². The van der Waals surface area contributed by atoms with Crippen molar-refractivity contribution in [2.75, 3.05) is 19.0 Å². The van der Waals surface area contributed by atoms with Gasteiger partial charge in [-0.05, 0) is 6.42 Å². The predicted molar refractivity (Wildman–Crippen MR) is 74.9 cm³/mol. The molecule has 0 saturated carbocycles. The normalized spacial score (nSPS) is 12.0. The Hall–Kier alpha value is -1.60. The van der Waals surface area contributed by atoms with Gasteiger partial charge in [0.15, 0.2) is 0 Å². The van der Waals surface area contributed by atoms with Crippen molar-refractivity contribution in [3.05, 3.63) is 21.6 Å². The van der Waals surface area contributed by atoms with Crippen molar-refractivity contribution in [2.45, 2.75) is 32.4 Å². The van der Waals surface area contributed by atoms with Crippen molar-refractivity contribution >= 4 is 23.3 Å². The molecule has 20 heavy (non-hydrogen) atoms. The third kappa shape index (κ3) is 4.50. The number of nitrogens with zero attached hydrogens (tertiary/aromatic N) is 2. The number of esters is 1. The Labute approximate surface area is 121 Å². The minimum atomic E-state index is -0.591. The van der Waals surface area contributed by atoms with Gasteiger partial charge in [-0.1, -0.05) is 24.9 Å². The van der Waals surface area contributed by atoms with Crippen molar-refractivity contribution in [3.8, 4) is 0 Å². The number of aliphatic hydroxyl groups is 1. The van der Waals surface area contributed by atoms with E-state index in [9.17, 15) is 14.7 Å². The highest BCUT2D eigenvalue weighted by molar-refractivity contribution is 6.32. The molecule has 0 aliphatic carbocycles. The zero-order chi connectivity index (χ0) is 15.1. The molecule has 1 heterocycles. The minimum absolute atomic E-state index is 0.0763. The Morgan fingerprint density at radius 2 is 2.35 bits per heavy atom. The molecule has 112 valence electrons. The second kappa shape index (κ2) is 7.86. The molecule has 1 aromatic rings. The van der Waals surface area contributed by atoms with Gasteiger partial charge in [0.1, 0.15) is 11.6 Å². The van der Waals surface area contributed by atoms with Gasteiger partial charge in [-0.15, -0.1) is 0 Å². The van der Waals surface area contributed by atoms with Crippen LogP contribution in [0.1, 0.15) is 19.8 Å². The molecule has 0 saturated heterocycles. The molecule has 8 heteroatoms. The highest BCUT2D eigenvalue weighted by Gasteiger charge is 2.12. The van der Waals surface area contributed by atoms with Crippen molar-refractivity contribution in [3.63, 3.8) is 0 Å². The van der Waals surface area contributed by atoms with Crippen LogP contribution in [0, 0.1) is 0 Å². The van der Waals surface area contributed by atoms with Crippen LogP contribution in [-0.4, -0.2) is 40.6 Å². The fourth-order valence-electron chi connectivity index (χ4n) is 1.55. The van der Waals surface area contributed by atoms with Crippen molar-refractivity contribution in [1.29, 1.82) is 0 Å². The highest BCUT2D eigenvalue weighted by Crippen LogP contribution is 2.15. The first-order valence-electron chi connectivity index (χ1n) is 6.24. The van der Waals surface area contributed by atoms with E-state index in [0.717, 1.165) is 11.1 Å². The Morgan fingerprint density at radius 3 is 2.95 bits per heavy atom. The molecule has 0 spiro atoms. The maximum Gasteiger partial charge on any atom is 0.327 e. The van der Waals surface area contributed by atoms with Crippen LogP contribution in [0.15, 0.2) is 11.0 Å². The van der Waals surface area contributed by atoms with E-state index in [1.807, 2.05) is 6.92 Å². The molecule has 1 unspecified atom stereocenters. The summed E-state index contributed by atoms with van der Waals surface area (Å²) in [4.78, 5) is 23.0. The summed E-state index contributed by atoms with van der Waals surface area (Å²) in [5, 5.41) is 16.2. The molecule has 1 atom stereocenters. The Kier molecular flexibility index (Phi) is 6.47. The van der Waals surface area contributed by atoms with Crippen LogP contribution < -0.4 is 10.9 Å². The summed E-state index contributed by atoms with van der Waals surface area (Å²) >= 11 is 5.92. The number of aromatic nitrogens is 2. The van der Waals surface area contributed by atoms with Crippen molar-refractivity contribution < 1.29 is 14.6 Å². The summed E-state index contributed by atoms with van der Waals surface area (Å²) in [5.41, 5.74) is -0.264. The number of rotatable bonds is 7. The van der Waals surface area contributed by atoms with Crippen LogP contribution >= 0.6 is 11.6 Å². The van der Waals surface area contributed by atoms with E-state index in [-0.39, 0.29) is 18.1 Å². The standard InChI is InChI=1S/C12H18ClN3O4/c1-3-4-8(17)5-14-9-6-15-16(7-10(18)20-2)12(19)11(9)13/h6,8,14,17H,3-5,7H2,1-2H3. The molecule has 0 aliphatic heterocycles. The average Bonchev–Trinajstić information content (AvgIpc) is 2.43. The number of hydrogen-bond acceptors (Lipinski definition) is 6. The van der Waals surface area contributed by atoms with E-state index in [0.29, 0.717) is 12.1 Å².